The topological polar surface area (TPSA) is 30.5 Å². The van der Waals surface area contributed by atoms with Crippen molar-refractivity contribution in [1.29, 1.82) is 0 Å². The lowest BCUT2D eigenvalue weighted by molar-refractivity contribution is 0.0157. The van der Waals surface area contributed by atoms with Crippen molar-refractivity contribution in [3.63, 3.8) is 0 Å². The summed E-state index contributed by atoms with van der Waals surface area (Å²) in [6.45, 7) is 7.11. The molecule has 2 saturated heterocycles. The Hall–Kier alpha value is -0.120. The molecule has 15 heavy (non-hydrogen) atoms. The first-order valence-electron chi connectivity index (χ1n) is 6.21. The minimum Gasteiger partial charge on any atom is -0.381 e. The van der Waals surface area contributed by atoms with Gasteiger partial charge in [0.2, 0.25) is 0 Å². The second-order valence-electron chi connectivity index (χ2n) is 5.12. The first kappa shape index (κ1) is 11.4. The largest absolute Gasteiger partial charge is 0.381 e. The zero-order valence-corrected chi connectivity index (χ0v) is 9.76. The maximum Gasteiger partial charge on any atom is 0.0779 e. The van der Waals surface area contributed by atoms with Crippen LogP contribution in [-0.4, -0.2) is 38.5 Å². The van der Waals surface area contributed by atoms with E-state index in [1.54, 1.807) is 0 Å². The minimum atomic E-state index is 0.0928. The number of hydrogen-bond donors (Lipinski definition) is 1. The van der Waals surface area contributed by atoms with Gasteiger partial charge in [-0.1, -0.05) is 0 Å². The summed E-state index contributed by atoms with van der Waals surface area (Å²) >= 11 is 0. The number of hydrogen-bond acceptors (Lipinski definition) is 3. The summed E-state index contributed by atoms with van der Waals surface area (Å²) in [5.74, 6) is 0.712. The smallest absolute Gasteiger partial charge is 0.0779 e. The molecule has 2 heterocycles. The predicted molar refractivity (Wildman–Crippen MR) is 60.0 cm³/mol. The van der Waals surface area contributed by atoms with E-state index in [2.05, 4.69) is 12.2 Å². The van der Waals surface area contributed by atoms with Crippen LogP contribution >= 0.6 is 0 Å². The van der Waals surface area contributed by atoms with E-state index in [1.165, 1.54) is 25.7 Å². The summed E-state index contributed by atoms with van der Waals surface area (Å²) in [6.07, 6.45) is 4.94. The lowest BCUT2D eigenvalue weighted by Gasteiger charge is -2.27. The van der Waals surface area contributed by atoms with Crippen LogP contribution in [-0.2, 0) is 9.47 Å². The van der Waals surface area contributed by atoms with Gasteiger partial charge in [-0.15, -0.1) is 0 Å². The molecule has 0 bridgehead atoms. The molecule has 2 atom stereocenters. The quantitative estimate of drug-likeness (QED) is 0.769. The van der Waals surface area contributed by atoms with Crippen molar-refractivity contribution in [2.75, 3.05) is 32.9 Å². The fourth-order valence-electron chi connectivity index (χ4n) is 2.49. The Bertz CT molecular complexity index is 184. The third-order valence-corrected chi connectivity index (χ3v) is 3.49. The van der Waals surface area contributed by atoms with Gasteiger partial charge in [-0.25, -0.2) is 0 Å². The van der Waals surface area contributed by atoms with E-state index < -0.39 is 0 Å². The Labute approximate surface area is 92.5 Å². The molecule has 2 rings (SSSR count). The van der Waals surface area contributed by atoms with Crippen molar-refractivity contribution < 1.29 is 9.47 Å². The molecule has 2 unspecified atom stereocenters. The van der Waals surface area contributed by atoms with Crippen LogP contribution in [0.3, 0.4) is 0 Å². The van der Waals surface area contributed by atoms with E-state index in [4.69, 9.17) is 9.47 Å². The fraction of sp³-hybridized carbons (Fsp3) is 1.00. The molecule has 3 heteroatoms. The molecule has 0 aliphatic carbocycles. The molecule has 88 valence electrons. The maximum absolute atomic E-state index is 5.74. The van der Waals surface area contributed by atoms with Gasteiger partial charge in [0.05, 0.1) is 12.2 Å². The Morgan fingerprint density at radius 2 is 2.27 bits per heavy atom. The molecule has 0 aromatic rings. The first-order chi connectivity index (χ1) is 7.29. The van der Waals surface area contributed by atoms with Gasteiger partial charge in [0.15, 0.2) is 0 Å². The number of nitrogens with one attached hydrogen (secondary N) is 1. The molecular formula is C12H23NO2. The van der Waals surface area contributed by atoms with Crippen LogP contribution in [0.25, 0.3) is 0 Å². The molecule has 2 aliphatic heterocycles. The highest BCUT2D eigenvalue weighted by Gasteiger charge is 2.29. The van der Waals surface area contributed by atoms with Crippen molar-refractivity contribution in [3.8, 4) is 0 Å². The molecule has 0 amide bonds. The summed E-state index contributed by atoms with van der Waals surface area (Å²) < 4.78 is 11.2. The van der Waals surface area contributed by atoms with E-state index in [0.717, 1.165) is 32.9 Å². The highest BCUT2D eigenvalue weighted by molar-refractivity contribution is 4.82. The molecule has 2 fully saturated rings. The highest BCUT2D eigenvalue weighted by atomic mass is 16.5. The summed E-state index contributed by atoms with van der Waals surface area (Å²) in [5, 5.41) is 3.53. The molecule has 0 aromatic carbocycles. The van der Waals surface area contributed by atoms with E-state index in [-0.39, 0.29) is 5.60 Å². The predicted octanol–water partition coefficient (Wildman–Crippen LogP) is 1.57. The average molecular weight is 213 g/mol. The lowest BCUT2D eigenvalue weighted by atomic mass is 10.0. The third kappa shape index (κ3) is 3.44. The minimum absolute atomic E-state index is 0.0928. The van der Waals surface area contributed by atoms with E-state index in [9.17, 15) is 0 Å². The maximum atomic E-state index is 5.74. The monoisotopic (exact) mass is 213 g/mol. The van der Waals surface area contributed by atoms with Crippen molar-refractivity contribution in [3.05, 3.63) is 0 Å². The molecule has 0 radical (unpaired) electrons. The summed E-state index contributed by atoms with van der Waals surface area (Å²) in [5.41, 5.74) is 0.0928. The van der Waals surface area contributed by atoms with E-state index >= 15 is 0 Å². The Morgan fingerprint density at radius 3 is 2.93 bits per heavy atom. The SMILES string of the molecule is CC1(CNCC2CCCOC2)CCCO1. The van der Waals surface area contributed by atoms with Crippen molar-refractivity contribution in [2.45, 2.75) is 38.2 Å². The first-order valence-corrected chi connectivity index (χ1v) is 6.21. The fourth-order valence-corrected chi connectivity index (χ4v) is 2.49. The van der Waals surface area contributed by atoms with Crippen LogP contribution in [0.5, 0.6) is 0 Å². The number of rotatable bonds is 4. The van der Waals surface area contributed by atoms with Crippen LogP contribution in [0.4, 0.5) is 0 Å². The van der Waals surface area contributed by atoms with Gasteiger partial charge < -0.3 is 14.8 Å². The Balaban J connectivity index is 1.61. The van der Waals surface area contributed by atoms with E-state index in [1.807, 2.05) is 0 Å². The Kier molecular flexibility index (Phi) is 4.00. The number of ether oxygens (including phenoxy) is 2. The standard InChI is InChI=1S/C12H23NO2/c1-12(5-3-7-15-12)10-13-8-11-4-2-6-14-9-11/h11,13H,2-10H2,1H3. The van der Waals surface area contributed by atoms with Crippen LogP contribution in [0.15, 0.2) is 0 Å². The molecule has 0 spiro atoms. The second-order valence-corrected chi connectivity index (χ2v) is 5.12. The molecular weight excluding hydrogens is 190 g/mol. The molecule has 0 saturated carbocycles. The zero-order chi connectivity index (χ0) is 10.6. The van der Waals surface area contributed by atoms with Gasteiger partial charge in [0.1, 0.15) is 0 Å². The van der Waals surface area contributed by atoms with Crippen molar-refractivity contribution in [1.82, 2.24) is 5.32 Å². The van der Waals surface area contributed by atoms with E-state index in [0.29, 0.717) is 5.92 Å². The third-order valence-electron chi connectivity index (χ3n) is 3.49. The normalized spacial score (nSPS) is 37.0. The molecule has 1 N–H and O–H groups in total. The average Bonchev–Trinajstić information content (AvgIpc) is 2.67. The molecule has 3 nitrogen and oxygen atoms in total. The van der Waals surface area contributed by atoms with Gasteiger partial charge >= 0.3 is 0 Å². The Morgan fingerprint density at radius 1 is 1.33 bits per heavy atom. The van der Waals surface area contributed by atoms with Crippen LogP contribution in [0.2, 0.25) is 0 Å². The van der Waals surface area contributed by atoms with Crippen molar-refractivity contribution >= 4 is 0 Å². The van der Waals surface area contributed by atoms with Gasteiger partial charge in [-0.2, -0.15) is 0 Å². The van der Waals surface area contributed by atoms with Gasteiger partial charge in [-0.3, -0.25) is 0 Å². The van der Waals surface area contributed by atoms with Gasteiger partial charge in [0, 0.05) is 26.3 Å². The van der Waals surface area contributed by atoms with Crippen LogP contribution < -0.4 is 5.32 Å². The van der Waals surface area contributed by atoms with Crippen LogP contribution in [0.1, 0.15) is 32.6 Å². The van der Waals surface area contributed by atoms with Crippen LogP contribution in [0, 0.1) is 5.92 Å². The molecule has 0 aromatic heterocycles. The molecule has 2 aliphatic rings. The zero-order valence-electron chi connectivity index (χ0n) is 9.76. The van der Waals surface area contributed by atoms with Crippen molar-refractivity contribution in [2.24, 2.45) is 5.92 Å². The summed E-state index contributed by atoms with van der Waals surface area (Å²) in [7, 11) is 0. The van der Waals surface area contributed by atoms with Gasteiger partial charge in [0.25, 0.3) is 0 Å². The highest BCUT2D eigenvalue weighted by Crippen LogP contribution is 2.24. The second kappa shape index (κ2) is 5.28. The lowest BCUT2D eigenvalue weighted by Crippen LogP contribution is -2.40. The van der Waals surface area contributed by atoms with Gasteiger partial charge in [-0.05, 0) is 38.5 Å². The summed E-state index contributed by atoms with van der Waals surface area (Å²) in [4.78, 5) is 0. The summed E-state index contributed by atoms with van der Waals surface area (Å²) in [6, 6.07) is 0.